The van der Waals surface area contributed by atoms with Gasteiger partial charge in [-0.3, -0.25) is 19.4 Å². The van der Waals surface area contributed by atoms with Crippen LogP contribution in [0.2, 0.25) is 0 Å². The average molecular weight is 319 g/mol. The monoisotopic (exact) mass is 319 g/mol. The van der Waals surface area contributed by atoms with Crippen LogP contribution in [-0.2, 0) is 6.54 Å². The number of aromatic nitrogens is 2. The zero-order chi connectivity index (χ0) is 17.0. The minimum absolute atomic E-state index is 0.101. The van der Waals surface area contributed by atoms with Crippen molar-refractivity contribution in [3.63, 3.8) is 0 Å². The van der Waals surface area contributed by atoms with E-state index >= 15 is 0 Å². The van der Waals surface area contributed by atoms with E-state index in [1.54, 1.807) is 6.92 Å². The first-order valence-electron chi connectivity index (χ1n) is 6.84. The van der Waals surface area contributed by atoms with Crippen LogP contribution < -0.4 is 16.6 Å². The lowest BCUT2D eigenvalue weighted by atomic mass is 10.0. The van der Waals surface area contributed by atoms with Gasteiger partial charge in [0.25, 0.3) is 11.5 Å². The maximum Gasteiger partial charge on any atom is 0.325 e. The van der Waals surface area contributed by atoms with Crippen molar-refractivity contribution < 1.29 is 14.0 Å². The zero-order valence-electron chi connectivity index (χ0n) is 12.2. The van der Waals surface area contributed by atoms with Gasteiger partial charge in [0.2, 0.25) is 0 Å². The third-order valence-electron chi connectivity index (χ3n) is 3.19. The molecule has 8 heteroatoms. The summed E-state index contributed by atoms with van der Waals surface area (Å²) in [6.45, 7) is 1.47. The molecular formula is C15H14FN3O4. The summed E-state index contributed by atoms with van der Waals surface area (Å²) in [4.78, 5) is 50.4. The first kappa shape index (κ1) is 16.3. The summed E-state index contributed by atoms with van der Waals surface area (Å²) in [7, 11) is 0. The van der Waals surface area contributed by atoms with Crippen molar-refractivity contribution in [1.82, 2.24) is 15.3 Å². The summed E-state index contributed by atoms with van der Waals surface area (Å²) in [5.74, 6) is -1.67. The van der Waals surface area contributed by atoms with Gasteiger partial charge in [0.1, 0.15) is 5.82 Å². The molecule has 120 valence electrons. The number of hydrogen-bond donors (Lipinski definition) is 3. The number of benzene rings is 1. The summed E-state index contributed by atoms with van der Waals surface area (Å²) in [5, 5.41) is 2.46. The minimum atomic E-state index is -0.689. The number of carbonyl (C=O) groups is 2. The molecule has 2 rings (SSSR count). The minimum Gasteiger partial charge on any atom is -0.348 e. The maximum atomic E-state index is 13.6. The van der Waals surface area contributed by atoms with E-state index in [2.05, 4.69) is 10.3 Å². The Balaban J connectivity index is 2.16. The number of nitrogens with one attached hydrogen (secondary N) is 3. The van der Waals surface area contributed by atoms with Crippen LogP contribution in [0.1, 0.15) is 39.6 Å². The third-order valence-corrected chi connectivity index (χ3v) is 3.19. The van der Waals surface area contributed by atoms with E-state index in [9.17, 15) is 23.6 Å². The van der Waals surface area contributed by atoms with Crippen LogP contribution in [0, 0.1) is 5.82 Å². The van der Waals surface area contributed by atoms with Gasteiger partial charge >= 0.3 is 5.69 Å². The Kier molecular flexibility index (Phi) is 4.85. The molecule has 1 aromatic heterocycles. The van der Waals surface area contributed by atoms with Gasteiger partial charge in [-0.05, 0) is 18.2 Å². The number of H-pyrrole nitrogens is 2. The van der Waals surface area contributed by atoms with Crippen LogP contribution in [0.3, 0.4) is 0 Å². The SMILES string of the molecule is CCC(=O)c1cc(C(=O)NCc2c[nH]c(=O)[nH]c2=O)ccc1F. The fraction of sp³-hybridized carbons (Fsp3) is 0.200. The summed E-state index contributed by atoms with van der Waals surface area (Å²) < 4.78 is 13.6. The van der Waals surface area contributed by atoms with Crippen LogP contribution in [-0.4, -0.2) is 21.7 Å². The lowest BCUT2D eigenvalue weighted by Crippen LogP contribution is -2.30. The van der Waals surface area contributed by atoms with Crippen LogP contribution in [0.25, 0.3) is 0 Å². The fourth-order valence-corrected chi connectivity index (χ4v) is 1.92. The predicted octanol–water partition coefficient (Wildman–Crippen LogP) is 0.725. The molecular weight excluding hydrogens is 305 g/mol. The molecule has 1 amide bonds. The first-order chi connectivity index (χ1) is 10.9. The molecule has 7 nitrogen and oxygen atoms in total. The lowest BCUT2D eigenvalue weighted by molar-refractivity contribution is 0.0950. The van der Waals surface area contributed by atoms with E-state index in [-0.39, 0.29) is 29.7 Å². The van der Waals surface area contributed by atoms with Crippen LogP contribution in [0.4, 0.5) is 4.39 Å². The van der Waals surface area contributed by atoms with Gasteiger partial charge in [-0.1, -0.05) is 6.92 Å². The molecule has 0 unspecified atom stereocenters. The van der Waals surface area contributed by atoms with Crippen molar-refractivity contribution in [2.45, 2.75) is 19.9 Å². The number of Topliss-reactive ketones (excluding diaryl/α,β-unsaturated/α-hetero) is 1. The highest BCUT2D eigenvalue weighted by Crippen LogP contribution is 2.13. The first-order valence-corrected chi connectivity index (χ1v) is 6.84. The highest BCUT2D eigenvalue weighted by molar-refractivity contribution is 6.00. The maximum absolute atomic E-state index is 13.6. The molecule has 1 heterocycles. The highest BCUT2D eigenvalue weighted by atomic mass is 19.1. The molecule has 0 fully saturated rings. The van der Waals surface area contributed by atoms with Gasteiger partial charge in [0.05, 0.1) is 11.1 Å². The molecule has 2 aromatic rings. The number of hydrogen-bond acceptors (Lipinski definition) is 4. The Labute approximate surface area is 129 Å². The van der Waals surface area contributed by atoms with Gasteiger partial charge in [-0.25, -0.2) is 9.18 Å². The van der Waals surface area contributed by atoms with E-state index in [1.165, 1.54) is 18.3 Å². The molecule has 0 saturated heterocycles. The standard InChI is InChI=1S/C15H14FN3O4/c1-2-12(20)10-5-8(3-4-11(10)16)13(21)17-6-9-7-18-15(23)19-14(9)22/h3-5,7H,2,6H2,1H3,(H,17,21)(H2,18,19,22,23). The van der Waals surface area contributed by atoms with Crippen LogP contribution >= 0.6 is 0 Å². The Hall–Kier alpha value is -3.03. The van der Waals surface area contributed by atoms with Gasteiger partial charge in [-0.2, -0.15) is 0 Å². The quantitative estimate of drug-likeness (QED) is 0.705. The van der Waals surface area contributed by atoms with Crippen molar-refractivity contribution in [2.24, 2.45) is 0 Å². The molecule has 0 radical (unpaired) electrons. The second kappa shape index (κ2) is 6.82. The average Bonchev–Trinajstić information content (AvgIpc) is 2.53. The van der Waals surface area contributed by atoms with Gasteiger partial charge < -0.3 is 10.3 Å². The molecule has 3 N–H and O–H groups in total. The number of ketones is 1. The Bertz CT molecular complexity index is 870. The van der Waals surface area contributed by atoms with Crippen molar-refractivity contribution in [1.29, 1.82) is 0 Å². The van der Waals surface area contributed by atoms with Crippen molar-refractivity contribution in [3.8, 4) is 0 Å². The zero-order valence-corrected chi connectivity index (χ0v) is 12.2. The predicted molar refractivity (Wildman–Crippen MR) is 79.9 cm³/mol. The summed E-state index contributed by atoms with van der Waals surface area (Å²) >= 11 is 0. The summed E-state index contributed by atoms with van der Waals surface area (Å²) in [5.41, 5.74) is -1.16. The highest BCUT2D eigenvalue weighted by Gasteiger charge is 2.14. The second-order valence-electron chi connectivity index (χ2n) is 4.75. The number of halogens is 1. The smallest absolute Gasteiger partial charge is 0.325 e. The lowest BCUT2D eigenvalue weighted by Gasteiger charge is -2.07. The number of rotatable bonds is 5. The van der Waals surface area contributed by atoms with Gasteiger partial charge in [0.15, 0.2) is 5.78 Å². The molecule has 1 aromatic carbocycles. The number of carbonyl (C=O) groups excluding carboxylic acids is 2. The van der Waals surface area contributed by atoms with Crippen molar-refractivity contribution in [3.05, 3.63) is 67.7 Å². The normalized spacial score (nSPS) is 10.3. The molecule has 0 bridgehead atoms. The van der Waals surface area contributed by atoms with Crippen LogP contribution in [0.15, 0.2) is 34.0 Å². The summed E-state index contributed by atoms with van der Waals surface area (Å²) in [6, 6.07) is 3.46. The van der Waals surface area contributed by atoms with E-state index in [1.807, 2.05) is 4.98 Å². The van der Waals surface area contributed by atoms with E-state index < -0.39 is 28.8 Å². The molecule has 23 heavy (non-hydrogen) atoms. The van der Waals surface area contributed by atoms with Crippen LogP contribution in [0.5, 0.6) is 0 Å². The molecule has 0 spiro atoms. The van der Waals surface area contributed by atoms with E-state index in [0.29, 0.717) is 0 Å². The van der Waals surface area contributed by atoms with E-state index in [4.69, 9.17) is 0 Å². The fourth-order valence-electron chi connectivity index (χ4n) is 1.92. The van der Waals surface area contributed by atoms with Gasteiger partial charge in [0, 0.05) is 24.7 Å². The van der Waals surface area contributed by atoms with Crippen molar-refractivity contribution >= 4 is 11.7 Å². The molecule has 0 aliphatic heterocycles. The Morgan fingerprint density at radius 3 is 2.65 bits per heavy atom. The molecule has 0 atom stereocenters. The third kappa shape index (κ3) is 3.79. The Morgan fingerprint density at radius 1 is 1.26 bits per heavy atom. The topological polar surface area (TPSA) is 112 Å². The summed E-state index contributed by atoms with van der Waals surface area (Å²) in [6.07, 6.45) is 1.31. The van der Waals surface area contributed by atoms with Crippen molar-refractivity contribution in [2.75, 3.05) is 0 Å². The van der Waals surface area contributed by atoms with E-state index in [0.717, 1.165) is 6.07 Å². The largest absolute Gasteiger partial charge is 0.348 e. The molecule has 0 saturated carbocycles. The molecule has 0 aliphatic carbocycles. The molecule has 0 aliphatic rings. The Morgan fingerprint density at radius 2 is 2.00 bits per heavy atom. The number of amides is 1. The second-order valence-corrected chi connectivity index (χ2v) is 4.75. The number of aromatic amines is 2. The van der Waals surface area contributed by atoms with Gasteiger partial charge in [-0.15, -0.1) is 0 Å².